The number of ether oxygens (including phenoxy) is 1. The monoisotopic (exact) mass is 322 g/mol. The van der Waals surface area contributed by atoms with Gasteiger partial charge in [-0.2, -0.15) is 0 Å². The molecular formula is C20H34O3. The fourth-order valence-corrected chi connectivity index (χ4v) is 7.96. The highest BCUT2D eigenvalue weighted by Gasteiger charge is 2.65. The minimum atomic E-state index is -0.778. The van der Waals surface area contributed by atoms with E-state index in [0.29, 0.717) is 16.7 Å². The van der Waals surface area contributed by atoms with Gasteiger partial charge in [0, 0.05) is 11.8 Å². The van der Waals surface area contributed by atoms with E-state index in [4.69, 9.17) is 4.74 Å². The fraction of sp³-hybridized carbons (Fsp3) is 1.00. The van der Waals surface area contributed by atoms with E-state index in [2.05, 4.69) is 27.7 Å². The van der Waals surface area contributed by atoms with Crippen molar-refractivity contribution in [3.05, 3.63) is 0 Å². The Hall–Kier alpha value is -0.120. The Morgan fingerprint density at radius 2 is 1.52 bits per heavy atom. The summed E-state index contributed by atoms with van der Waals surface area (Å²) in [6.45, 7) is 9.88. The zero-order valence-electron chi connectivity index (χ0n) is 15.2. The maximum Gasteiger partial charge on any atom is 0.161 e. The van der Waals surface area contributed by atoms with Gasteiger partial charge >= 0.3 is 0 Å². The van der Waals surface area contributed by atoms with Gasteiger partial charge < -0.3 is 14.9 Å². The first-order chi connectivity index (χ1) is 10.7. The van der Waals surface area contributed by atoms with Crippen molar-refractivity contribution in [3.8, 4) is 0 Å². The first-order valence-electron chi connectivity index (χ1n) is 9.72. The molecule has 0 amide bonds. The van der Waals surface area contributed by atoms with Crippen LogP contribution < -0.4 is 0 Å². The van der Waals surface area contributed by atoms with Gasteiger partial charge in [0.2, 0.25) is 0 Å². The van der Waals surface area contributed by atoms with Crippen LogP contribution in [0.2, 0.25) is 0 Å². The van der Waals surface area contributed by atoms with E-state index in [1.807, 2.05) is 0 Å². The Morgan fingerprint density at radius 1 is 0.783 bits per heavy atom. The molecule has 2 N–H and O–H groups in total. The van der Waals surface area contributed by atoms with Crippen molar-refractivity contribution in [3.63, 3.8) is 0 Å². The molecule has 3 saturated carbocycles. The summed E-state index contributed by atoms with van der Waals surface area (Å²) in [6.07, 6.45) is 7.12. The van der Waals surface area contributed by atoms with Crippen molar-refractivity contribution >= 4 is 0 Å². The lowest BCUT2D eigenvalue weighted by atomic mass is 9.39. The van der Waals surface area contributed by atoms with Crippen LogP contribution in [-0.4, -0.2) is 22.8 Å². The molecule has 132 valence electrons. The Labute approximate surface area is 140 Å². The summed E-state index contributed by atoms with van der Waals surface area (Å²) < 4.78 is 5.44. The van der Waals surface area contributed by atoms with Gasteiger partial charge in [0.05, 0.1) is 0 Å². The molecule has 4 fully saturated rings. The molecule has 0 radical (unpaired) electrons. The van der Waals surface area contributed by atoms with E-state index >= 15 is 0 Å². The maximum absolute atomic E-state index is 10.5. The summed E-state index contributed by atoms with van der Waals surface area (Å²) in [4.78, 5) is 0. The third-order valence-corrected chi connectivity index (χ3v) is 8.80. The molecular weight excluding hydrogens is 288 g/mol. The summed E-state index contributed by atoms with van der Waals surface area (Å²) >= 11 is 0. The molecule has 4 rings (SSSR count). The second kappa shape index (κ2) is 4.95. The molecule has 8 unspecified atom stereocenters. The molecule has 3 aliphatic carbocycles. The minimum absolute atomic E-state index is 0.110. The van der Waals surface area contributed by atoms with E-state index in [-0.39, 0.29) is 17.3 Å². The van der Waals surface area contributed by atoms with Crippen LogP contribution in [0.5, 0.6) is 0 Å². The van der Waals surface area contributed by atoms with Crippen molar-refractivity contribution in [2.75, 3.05) is 0 Å². The molecule has 1 aliphatic heterocycles. The molecule has 0 bridgehead atoms. The lowest BCUT2D eigenvalue weighted by Crippen LogP contribution is -2.60. The molecule has 1 heterocycles. The third-order valence-electron chi connectivity index (χ3n) is 8.80. The van der Waals surface area contributed by atoms with Crippen molar-refractivity contribution in [2.24, 2.45) is 39.9 Å². The van der Waals surface area contributed by atoms with Gasteiger partial charge in [0.25, 0.3) is 0 Å². The van der Waals surface area contributed by atoms with E-state index in [1.165, 1.54) is 38.5 Å². The van der Waals surface area contributed by atoms with E-state index in [9.17, 15) is 10.2 Å². The molecule has 4 aliphatic rings. The highest BCUT2D eigenvalue weighted by atomic mass is 16.7. The number of hydrogen-bond donors (Lipinski definition) is 2. The average molecular weight is 322 g/mol. The van der Waals surface area contributed by atoms with Crippen LogP contribution in [0.1, 0.15) is 72.6 Å². The molecule has 0 aromatic rings. The summed E-state index contributed by atoms with van der Waals surface area (Å²) in [7, 11) is 0. The summed E-state index contributed by atoms with van der Waals surface area (Å²) in [5.74, 6) is 1.68. The lowest BCUT2D eigenvalue weighted by molar-refractivity contribution is -0.203. The van der Waals surface area contributed by atoms with Crippen LogP contribution >= 0.6 is 0 Å². The lowest BCUT2D eigenvalue weighted by Gasteiger charge is -2.66. The maximum atomic E-state index is 10.5. The average Bonchev–Trinajstić information content (AvgIpc) is 2.73. The first-order valence-corrected chi connectivity index (χ1v) is 9.72. The quantitative estimate of drug-likeness (QED) is 0.710. The van der Waals surface area contributed by atoms with Crippen LogP contribution in [0.3, 0.4) is 0 Å². The largest absolute Gasteiger partial charge is 0.368 e. The predicted molar refractivity (Wildman–Crippen MR) is 89.4 cm³/mol. The van der Waals surface area contributed by atoms with Crippen LogP contribution in [0.15, 0.2) is 0 Å². The molecule has 0 spiro atoms. The molecule has 1 saturated heterocycles. The molecule has 3 nitrogen and oxygen atoms in total. The highest BCUT2D eigenvalue weighted by Crippen LogP contribution is 2.70. The summed E-state index contributed by atoms with van der Waals surface area (Å²) in [6, 6.07) is 0. The molecule has 0 aromatic heterocycles. The van der Waals surface area contributed by atoms with Gasteiger partial charge in [-0.15, -0.1) is 0 Å². The number of aliphatic hydroxyl groups is 2. The Morgan fingerprint density at radius 3 is 2.26 bits per heavy atom. The Balaban J connectivity index is 1.72. The number of aliphatic hydroxyl groups excluding tert-OH is 2. The van der Waals surface area contributed by atoms with Gasteiger partial charge in [-0.25, -0.2) is 0 Å². The molecule has 3 heteroatoms. The standard InChI is InChI=1S/C20H34O3/c1-18(2)9-5-10-19(3)13(18)8-11-20(4)14(19)7-6-12-15(20)17(22)23-16(12)21/h12-17,21-22H,5-11H2,1-4H3. The fourth-order valence-electron chi connectivity index (χ4n) is 7.96. The highest BCUT2D eigenvalue weighted by molar-refractivity contribution is 5.12. The molecule has 8 atom stereocenters. The van der Waals surface area contributed by atoms with Gasteiger partial charge in [0.1, 0.15) is 0 Å². The zero-order valence-corrected chi connectivity index (χ0v) is 15.2. The van der Waals surface area contributed by atoms with E-state index < -0.39 is 12.6 Å². The number of fused-ring (bicyclic) bond motifs is 5. The zero-order chi connectivity index (χ0) is 16.6. The van der Waals surface area contributed by atoms with Crippen LogP contribution in [0.4, 0.5) is 0 Å². The van der Waals surface area contributed by atoms with Gasteiger partial charge in [-0.05, 0) is 66.6 Å². The number of hydrogen-bond acceptors (Lipinski definition) is 3. The Kier molecular flexibility index (Phi) is 3.52. The summed E-state index contributed by atoms with van der Waals surface area (Å²) in [5, 5.41) is 20.7. The van der Waals surface area contributed by atoms with E-state index in [0.717, 1.165) is 12.3 Å². The third kappa shape index (κ3) is 2.05. The molecule has 0 aromatic carbocycles. The first kappa shape index (κ1) is 16.4. The second-order valence-electron chi connectivity index (χ2n) is 10.2. The molecule has 23 heavy (non-hydrogen) atoms. The van der Waals surface area contributed by atoms with Gasteiger partial charge in [-0.3, -0.25) is 0 Å². The van der Waals surface area contributed by atoms with Crippen molar-refractivity contribution in [2.45, 2.75) is 85.2 Å². The number of rotatable bonds is 0. The van der Waals surface area contributed by atoms with Crippen LogP contribution in [0.25, 0.3) is 0 Å². The van der Waals surface area contributed by atoms with Crippen molar-refractivity contribution in [1.82, 2.24) is 0 Å². The van der Waals surface area contributed by atoms with Gasteiger partial charge in [-0.1, -0.05) is 34.1 Å². The van der Waals surface area contributed by atoms with Gasteiger partial charge in [0.15, 0.2) is 12.6 Å². The Bertz CT molecular complexity index is 489. The van der Waals surface area contributed by atoms with E-state index in [1.54, 1.807) is 0 Å². The second-order valence-corrected chi connectivity index (χ2v) is 10.2. The predicted octanol–water partition coefficient (Wildman–Crippen LogP) is 3.93. The summed E-state index contributed by atoms with van der Waals surface area (Å²) in [5.41, 5.74) is 0.931. The minimum Gasteiger partial charge on any atom is -0.368 e. The van der Waals surface area contributed by atoms with Crippen LogP contribution in [0, 0.1) is 39.9 Å². The topological polar surface area (TPSA) is 49.7 Å². The van der Waals surface area contributed by atoms with Crippen molar-refractivity contribution < 1.29 is 14.9 Å². The normalized spacial score (nSPS) is 58.2. The smallest absolute Gasteiger partial charge is 0.161 e. The van der Waals surface area contributed by atoms with Crippen LogP contribution in [-0.2, 0) is 4.74 Å². The van der Waals surface area contributed by atoms with Crippen molar-refractivity contribution in [1.29, 1.82) is 0 Å². The SMILES string of the molecule is CC1(C)CCCC2(C)C1CCC1(C)C3C(O)OC(O)C3CCC12.